The number of morpholine rings is 1. The molecular formula is C21H25ClN4O4. The summed E-state index contributed by atoms with van der Waals surface area (Å²) in [6, 6.07) is 13.6. The minimum Gasteiger partial charge on any atom is -0.384 e. The maximum atomic E-state index is 12.7. The zero-order valence-corrected chi connectivity index (χ0v) is 17.3. The highest BCUT2D eigenvalue weighted by Crippen LogP contribution is 2.16. The lowest BCUT2D eigenvalue weighted by Gasteiger charge is -2.34. The zero-order valence-electron chi connectivity index (χ0n) is 16.5. The summed E-state index contributed by atoms with van der Waals surface area (Å²) in [7, 11) is 0. The molecular weight excluding hydrogens is 408 g/mol. The molecule has 2 aromatic rings. The summed E-state index contributed by atoms with van der Waals surface area (Å²) in [5, 5.41) is 20.4. The van der Waals surface area contributed by atoms with Crippen molar-refractivity contribution in [1.82, 2.24) is 4.90 Å². The number of benzene rings is 2. The summed E-state index contributed by atoms with van der Waals surface area (Å²) in [6.07, 6.45) is -2.26. The van der Waals surface area contributed by atoms with Crippen LogP contribution in [0.3, 0.4) is 0 Å². The number of nitrogens with zero attached hydrogens (tertiary/aromatic N) is 1. The largest absolute Gasteiger partial charge is 0.384 e. The topological polar surface area (TPSA) is 129 Å². The molecule has 1 fully saturated rings. The van der Waals surface area contributed by atoms with Crippen LogP contribution in [0.4, 0.5) is 5.69 Å². The van der Waals surface area contributed by atoms with Crippen LogP contribution in [0.2, 0.25) is 0 Å². The Labute approximate surface area is 180 Å². The van der Waals surface area contributed by atoms with Crippen molar-refractivity contribution in [1.29, 1.82) is 5.41 Å². The van der Waals surface area contributed by atoms with Gasteiger partial charge >= 0.3 is 0 Å². The predicted molar refractivity (Wildman–Crippen MR) is 116 cm³/mol. The van der Waals surface area contributed by atoms with Gasteiger partial charge in [0.1, 0.15) is 11.9 Å². The number of nitrogen functional groups attached to an aromatic ring is 1. The van der Waals surface area contributed by atoms with Crippen molar-refractivity contribution in [2.24, 2.45) is 5.73 Å². The molecule has 8 nitrogen and oxygen atoms in total. The fourth-order valence-electron chi connectivity index (χ4n) is 3.05. The first kappa shape index (κ1) is 23.3. The number of aliphatic hydroxyl groups excluding tert-OH is 1. The SMILES string of the molecule is Cc1ccc(C(=O)N2CCOC(C(O)C(=O)Nc3ccc(C(=N)N)cc3)C2)cc1.Cl. The summed E-state index contributed by atoms with van der Waals surface area (Å²) in [4.78, 5) is 26.7. The third-order valence-corrected chi connectivity index (χ3v) is 4.76. The van der Waals surface area contributed by atoms with Gasteiger partial charge in [-0.2, -0.15) is 0 Å². The Balaban J connectivity index is 0.00000320. The third-order valence-electron chi connectivity index (χ3n) is 4.76. The molecule has 5 N–H and O–H groups in total. The van der Waals surface area contributed by atoms with E-state index in [1.165, 1.54) is 0 Å². The molecule has 0 bridgehead atoms. The second-order valence-electron chi connectivity index (χ2n) is 6.95. The number of anilines is 1. The molecule has 2 atom stereocenters. The van der Waals surface area contributed by atoms with Crippen LogP contribution in [0.5, 0.6) is 0 Å². The highest BCUT2D eigenvalue weighted by atomic mass is 35.5. The fourth-order valence-corrected chi connectivity index (χ4v) is 3.05. The zero-order chi connectivity index (χ0) is 21.0. The molecule has 0 spiro atoms. The first-order chi connectivity index (χ1) is 13.8. The number of nitrogens with one attached hydrogen (secondary N) is 2. The van der Waals surface area contributed by atoms with Gasteiger partial charge in [0, 0.05) is 23.4 Å². The van der Waals surface area contributed by atoms with E-state index in [0.717, 1.165) is 5.56 Å². The minimum atomic E-state index is -1.43. The van der Waals surface area contributed by atoms with Crippen LogP contribution in [0, 0.1) is 12.3 Å². The third kappa shape index (κ3) is 5.56. The Morgan fingerprint density at radius 3 is 2.37 bits per heavy atom. The van der Waals surface area contributed by atoms with Crippen molar-refractivity contribution in [3.63, 3.8) is 0 Å². The Morgan fingerprint density at radius 1 is 1.17 bits per heavy atom. The highest BCUT2D eigenvalue weighted by Gasteiger charge is 2.33. The Hall–Kier alpha value is -2.94. The van der Waals surface area contributed by atoms with Crippen LogP contribution in [0.1, 0.15) is 21.5 Å². The average molecular weight is 433 g/mol. The van der Waals surface area contributed by atoms with E-state index in [2.05, 4.69) is 5.32 Å². The van der Waals surface area contributed by atoms with Crippen LogP contribution < -0.4 is 11.1 Å². The molecule has 2 amide bonds. The number of hydrogen-bond donors (Lipinski definition) is 4. The monoisotopic (exact) mass is 432 g/mol. The summed E-state index contributed by atoms with van der Waals surface area (Å²) >= 11 is 0. The molecule has 1 aliphatic heterocycles. The van der Waals surface area contributed by atoms with Crippen molar-refractivity contribution in [2.45, 2.75) is 19.1 Å². The van der Waals surface area contributed by atoms with Crippen molar-refractivity contribution < 1.29 is 19.4 Å². The Bertz CT molecular complexity index is 902. The van der Waals surface area contributed by atoms with Crippen LogP contribution >= 0.6 is 12.4 Å². The second kappa shape index (κ2) is 10.2. The lowest BCUT2D eigenvalue weighted by Crippen LogP contribution is -2.52. The quantitative estimate of drug-likeness (QED) is 0.420. The van der Waals surface area contributed by atoms with Crippen LogP contribution in [-0.4, -0.2) is 59.6 Å². The van der Waals surface area contributed by atoms with E-state index in [-0.39, 0.29) is 37.3 Å². The van der Waals surface area contributed by atoms with Gasteiger partial charge in [0.25, 0.3) is 11.8 Å². The lowest BCUT2D eigenvalue weighted by atomic mass is 10.1. The van der Waals surface area contributed by atoms with E-state index in [1.54, 1.807) is 41.3 Å². The van der Waals surface area contributed by atoms with Crippen LogP contribution in [0.15, 0.2) is 48.5 Å². The Kier molecular flexibility index (Phi) is 7.93. The maximum absolute atomic E-state index is 12.7. The van der Waals surface area contributed by atoms with E-state index in [0.29, 0.717) is 23.4 Å². The molecule has 1 heterocycles. The molecule has 0 saturated carbocycles. The number of aryl methyl sites for hydroxylation is 1. The number of rotatable bonds is 5. The van der Waals surface area contributed by atoms with Gasteiger partial charge in [-0.15, -0.1) is 12.4 Å². The molecule has 1 aliphatic rings. The molecule has 3 rings (SSSR count). The lowest BCUT2D eigenvalue weighted by molar-refractivity contribution is -0.137. The summed E-state index contributed by atoms with van der Waals surface area (Å²) in [5.74, 6) is -0.863. The number of hydrogen-bond acceptors (Lipinski definition) is 5. The van der Waals surface area contributed by atoms with Crippen molar-refractivity contribution in [2.75, 3.05) is 25.0 Å². The van der Waals surface area contributed by atoms with E-state index in [9.17, 15) is 14.7 Å². The van der Waals surface area contributed by atoms with E-state index in [4.69, 9.17) is 15.9 Å². The number of aliphatic hydroxyl groups is 1. The number of ether oxygens (including phenoxy) is 1. The molecule has 9 heteroatoms. The molecule has 2 unspecified atom stereocenters. The highest BCUT2D eigenvalue weighted by molar-refractivity contribution is 5.97. The minimum absolute atomic E-state index is 0. The number of halogens is 1. The molecule has 0 aromatic heterocycles. The maximum Gasteiger partial charge on any atom is 0.256 e. The predicted octanol–water partition coefficient (Wildman–Crippen LogP) is 1.54. The summed E-state index contributed by atoms with van der Waals surface area (Å²) in [5.41, 5.74) is 8.01. The smallest absolute Gasteiger partial charge is 0.256 e. The molecule has 0 aliphatic carbocycles. The van der Waals surface area contributed by atoms with Gasteiger partial charge in [0.05, 0.1) is 13.2 Å². The van der Waals surface area contributed by atoms with Crippen molar-refractivity contribution >= 4 is 35.7 Å². The first-order valence-corrected chi connectivity index (χ1v) is 9.26. The van der Waals surface area contributed by atoms with Crippen molar-refractivity contribution in [3.8, 4) is 0 Å². The van der Waals surface area contributed by atoms with E-state index >= 15 is 0 Å². The number of carbonyl (C=O) groups excluding carboxylic acids is 2. The molecule has 30 heavy (non-hydrogen) atoms. The fraction of sp³-hybridized carbons (Fsp3) is 0.286. The van der Waals surface area contributed by atoms with Crippen molar-refractivity contribution in [3.05, 3.63) is 65.2 Å². The summed E-state index contributed by atoms with van der Waals surface area (Å²) in [6.45, 7) is 2.69. The van der Waals surface area contributed by atoms with Gasteiger partial charge in [-0.1, -0.05) is 17.7 Å². The average Bonchev–Trinajstić information content (AvgIpc) is 2.73. The van der Waals surface area contributed by atoms with E-state index < -0.39 is 18.1 Å². The van der Waals surface area contributed by atoms with Crippen LogP contribution in [-0.2, 0) is 9.53 Å². The normalized spacial score (nSPS) is 16.9. The number of amides is 2. The summed E-state index contributed by atoms with van der Waals surface area (Å²) < 4.78 is 5.54. The van der Waals surface area contributed by atoms with Gasteiger partial charge < -0.3 is 25.8 Å². The molecule has 160 valence electrons. The molecule has 2 aromatic carbocycles. The number of nitrogens with two attached hydrogens (primary N) is 1. The number of amidine groups is 1. The number of carbonyl (C=O) groups is 2. The van der Waals surface area contributed by atoms with E-state index in [1.807, 2.05) is 19.1 Å². The van der Waals surface area contributed by atoms with Gasteiger partial charge in [-0.3, -0.25) is 15.0 Å². The molecule has 1 saturated heterocycles. The van der Waals surface area contributed by atoms with Crippen LogP contribution in [0.25, 0.3) is 0 Å². The van der Waals surface area contributed by atoms with Gasteiger partial charge in [-0.05, 0) is 43.3 Å². The van der Waals surface area contributed by atoms with Gasteiger partial charge in [0.2, 0.25) is 0 Å². The van der Waals surface area contributed by atoms with Gasteiger partial charge in [-0.25, -0.2) is 0 Å². The standard InChI is InChI=1S/C21H24N4O4.ClH/c1-13-2-4-15(5-3-13)21(28)25-10-11-29-17(12-25)18(26)20(27)24-16-8-6-14(7-9-16)19(22)23;/h2-9,17-18,26H,10-12H2,1H3,(H3,22,23)(H,24,27);1H. The molecule has 0 radical (unpaired) electrons. The van der Waals surface area contributed by atoms with Gasteiger partial charge in [0.15, 0.2) is 6.10 Å². The first-order valence-electron chi connectivity index (χ1n) is 9.26. The Morgan fingerprint density at radius 2 is 1.77 bits per heavy atom. The second-order valence-corrected chi connectivity index (χ2v) is 6.95.